The third-order valence-corrected chi connectivity index (χ3v) is 2.70. The summed E-state index contributed by atoms with van der Waals surface area (Å²) < 4.78 is 32.8. The Balaban J connectivity index is 2.84. The molecule has 2 atom stereocenters. The van der Waals surface area contributed by atoms with E-state index in [0.29, 0.717) is 12.0 Å². The minimum atomic E-state index is -1.02. The summed E-state index contributed by atoms with van der Waals surface area (Å²) in [7, 11) is 0. The molecular weight excluding hydrogens is 278 g/mol. The standard InChI is InChI=1S/C15H20F2N2O2/c1-4-5-19-15(20)10(3)21-14-12(16)7-11(6-9(2)18)8-13(14)17/h4,7-10H,1,5-6,18H2,2-3H3,(H,19,20). The number of rotatable bonds is 7. The number of amides is 1. The molecule has 21 heavy (non-hydrogen) atoms. The van der Waals surface area contributed by atoms with Crippen molar-refractivity contribution in [2.45, 2.75) is 32.4 Å². The molecule has 0 aromatic heterocycles. The minimum absolute atomic E-state index is 0.209. The molecule has 0 fully saturated rings. The topological polar surface area (TPSA) is 64.3 Å². The minimum Gasteiger partial charge on any atom is -0.475 e. The first-order valence-corrected chi connectivity index (χ1v) is 6.64. The van der Waals surface area contributed by atoms with Gasteiger partial charge in [-0.25, -0.2) is 8.78 Å². The zero-order valence-electron chi connectivity index (χ0n) is 12.2. The van der Waals surface area contributed by atoms with E-state index in [1.807, 2.05) is 0 Å². The lowest BCUT2D eigenvalue weighted by Crippen LogP contribution is -2.36. The van der Waals surface area contributed by atoms with Crippen LogP contribution < -0.4 is 15.8 Å². The predicted molar refractivity (Wildman–Crippen MR) is 77.0 cm³/mol. The lowest BCUT2D eigenvalue weighted by atomic mass is 10.1. The Bertz CT molecular complexity index is 495. The molecule has 0 aliphatic carbocycles. The van der Waals surface area contributed by atoms with Crippen LogP contribution in [0.4, 0.5) is 8.78 Å². The van der Waals surface area contributed by atoms with E-state index < -0.39 is 29.4 Å². The van der Waals surface area contributed by atoms with Crippen molar-refractivity contribution in [3.05, 3.63) is 42.0 Å². The highest BCUT2D eigenvalue weighted by molar-refractivity contribution is 5.80. The molecule has 1 amide bonds. The Morgan fingerprint density at radius 3 is 2.48 bits per heavy atom. The van der Waals surface area contributed by atoms with Gasteiger partial charge in [-0.3, -0.25) is 4.79 Å². The molecule has 1 aromatic rings. The van der Waals surface area contributed by atoms with Crippen LogP contribution in [0, 0.1) is 11.6 Å². The van der Waals surface area contributed by atoms with E-state index in [0.717, 1.165) is 12.1 Å². The van der Waals surface area contributed by atoms with Crippen molar-refractivity contribution in [1.82, 2.24) is 5.32 Å². The zero-order valence-corrected chi connectivity index (χ0v) is 12.2. The van der Waals surface area contributed by atoms with E-state index in [9.17, 15) is 13.6 Å². The molecule has 3 N–H and O–H groups in total. The second kappa shape index (κ2) is 7.73. The van der Waals surface area contributed by atoms with Gasteiger partial charge in [0.15, 0.2) is 23.5 Å². The first kappa shape index (κ1) is 17.1. The summed E-state index contributed by atoms with van der Waals surface area (Å²) in [6, 6.07) is 2.12. The van der Waals surface area contributed by atoms with Gasteiger partial charge >= 0.3 is 0 Å². The maximum absolute atomic E-state index is 13.9. The van der Waals surface area contributed by atoms with Gasteiger partial charge < -0.3 is 15.8 Å². The SMILES string of the molecule is C=CCNC(=O)C(C)Oc1c(F)cc(CC(C)N)cc1F. The first-order valence-electron chi connectivity index (χ1n) is 6.64. The Morgan fingerprint density at radius 1 is 1.43 bits per heavy atom. The van der Waals surface area contributed by atoms with E-state index in [4.69, 9.17) is 10.5 Å². The van der Waals surface area contributed by atoms with Gasteiger partial charge in [0, 0.05) is 12.6 Å². The van der Waals surface area contributed by atoms with Crippen molar-refractivity contribution < 1.29 is 18.3 Å². The predicted octanol–water partition coefficient (Wildman–Crippen LogP) is 1.92. The average Bonchev–Trinajstić information content (AvgIpc) is 2.39. The number of nitrogens with two attached hydrogens (primary N) is 1. The van der Waals surface area contributed by atoms with Gasteiger partial charge in [0.25, 0.3) is 5.91 Å². The van der Waals surface area contributed by atoms with Crippen LogP contribution in [-0.2, 0) is 11.2 Å². The normalized spacial score (nSPS) is 13.4. The zero-order chi connectivity index (χ0) is 16.0. The number of benzene rings is 1. The van der Waals surface area contributed by atoms with E-state index in [2.05, 4.69) is 11.9 Å². The molecule has 1 aromatic carbocycles. The summed E-state index contributed by atoms with van der Waals surface area (Å²) in [6.07, 6.45) is 0.825. The highest BCUT2D eigenvalue weighted by Gasteiger charge is 2.20. The van der Waals surface area contributed by atoms with Crippen molar-refractivity contribution in [3.63, 3.8) is 0 Å². The molecule has 2 unspecified atom stereocenters. The second-order valence-electron chi connectivity index (χ2n) is 4.86. The monoisotopic (exact) mass is 298 g/mol. The fourth-order valence-corrected chi connectivity index (χ4v) is 1.76. The summed E-state index contributed by atoms with van der Waals surface area (Å²) in [5, 5.41) is 2.49. The van der Waals surface area contributed by atoms with Crippen LogP contribution in [-0.4, -0.2) is 24.6 Å². The number of halogens is 2. The summed E-state index contributed by atoms with van der Waals surface area (Å²) in [4.78, 5) is 11.6. The van der Waals surface area contributed by atoms with Gasteiger partial charge in [-0.15, -0.1) is 6.58 Å². The van der Waals surface area contributed by atoms with Crippen LogP contribution in [0.5, 0.6) is 5.75 Å². The van der Waals surface area contributed by atoms with Crippen LogP contribution in [0.15, 0.2) is 24.8 Å². The van der Waals surface area contributed by atoms with Crippen molar-refractivity contribution in [2.24, 2.45) is 5.73 Å². The number of ether oxygens (including phenoxy) is 1. The maximum Gasteiger partial charge on any atom is 0.261 e. The number of nitrogens with one attached hydrogen (secondary N) is 1. The van der Waals surface area contributed by atoms with Gasteiger partial charge in [0.1, 0.15) is 0 Å². The summed E-state index contributed by atoms with van der Waals surface area (Å²) >= 11 is 0. The highest BCUT2D eigenvalue weighted by atomic mass is 19.1. The highest BCUT2D eigenvalue weighted by Crippen LogP contribution is 2.25. The summed E-state index contributed by atoms with van der Waals surface area (Å²) in [5.41, 5.74) is 6.03. The second-order valence-corrected chi connectivity index (χ2v) is 4.86. The molecule has 0 saturated heterocycles. The van der Waals surface area contributed by atoms with Crippen LogP contribution >= 0.6 is 0 Å². The van der Waals surface area contributed by atoms with Crippen molar-refractivity contribution >= 4 is 5.91 Å². The van der Waals surface area contributed by atoms with Crippen LogP contribution in [0.25, 0.3) is 0 Å². The molecule has 0 bridgehead atoms. The largest absolute Gasteiger partial charge is 0.475 e. The number of hydrogen-bond donors (Lipinski definition) is 2. The number of hydrogen-bond acceptors (Lipinski definition) is 3. The molecule has 4 nitrogen and oxygen atoms in total. The first-order chi connectivity index (χ1) is 9.85. The fourth-order valence-electron chi connectivity index (χ4n) is 1.76. The maximum atomic E-state index is 13.9. The van der Waals surface area contributed by atoms with E-state index in [1.165, 1.54) is 13.0 Å². The van der Waals surface area contributed by atoms with Crippen molar-refractivity contribution in [1.29, 1.82) is 0 Å². The fraction of sp³-hybridized carbons (Fsp3) is 0.400. The van der Waals surface area contributed by atoms with E-state index in [-0.39, 0.29) is 12.6 Å². The van der Waals surface area contributed by atoms with Crippen LogP contribution in [0.2, 0.25) is 0 Å². The van der Waals surface area contributed by atoms with E-state index in [1.54, 1.807) is 6.92 Å². The molecule has 0 saturated carbocycles. The Labute approximate surface area is 123 Å². The van der Waals surface area contributed by atoms with Gasteiger partial charge in [-0.05, 0) is 38.0 Å². The van der Waals surface area contributed by atoms with Crippen LogP contribution in [0.3, 0.4) is 0 Å². The average molecular weight is 298 g/mol. The van der Waals surface area contributed by atoms with Crippen LogP contribution in [0.1, 0.15) is 19.4 Å². The van der Waals surface area contributed by atoms with Gasteiger partial charge in [0.05, 0.1) is 0 Å². The van der Waals surface area contributed by atoms with Gasteiger partial charge in [-0.1, -0.05) is 6.08 Å². The summed E-state index contributed by atoms with van der Waals surface area (Å²) in [5.74, 6) is -2.75. The molecule has 0 radical (unpaired) electrons. The lowest BCUT2D eigenvalue weighted by Gasteiger charge is -2.16. The van der Waals surface area contributed by atoms with E-state index >= 15 is 0 Å². The molecular formula is C15H20F2N2O2. The Kier molecular flexibility index (Phi) is 6.30. The quantitative estimate of drug-likeness (QED) is 0.756. The van der Waals surface area contributed by atoms with Gasteiger partial charge in [-0.2, -0.15) is 0 Å². The molecule has 1 rings (SSSR count). The Morgan fingerprint density at radius 2 is 2.00 bits per heavy atom. The van der Waals surface area contributed by atoms with Gasteiger partial charge in [0.2, 0.25) is 0 Å². The molecule has 0 aliphatic rings. The molecule has 0 spiro atoms. The molecule has 0 heterocycles. The molecule has 0 aliphatic heterocycles. The smallest absolute Gasteiger partial charge is 0.261 e. The number of carbonyl (C=O) groups is 1. The number of carbonyl (C=O) groups excluding carboxylic acids is 1. The van der Waals surface area contributed by atoms with Crippen molar-refractivity contribution in [3.8, 4) is 5.75 Å². The lowest BCUT2D eigenvalue weighted by molar-refractivity contribution is -0.127. The summed E-state index contributed by atoms with van der Waals surface area (Å²) in [6.45, 7) is 6.86. The van der Waals surface area contributed by atoms with Crippen molar-refractivity contribution in [2.75, 3.05) is 6.54 Å². The third kappa shape index (κ3) is 5.15. The Hall–Kier alpha value is -1.95. The molecule has 6 heteroatoms. The molecule has 116 valence electrons. The third-order valence-electron chi connectivity index (χ3n) is 2.70.